The Hall–Kier alpha value is -1.19. The van der Waals surface area contributed by atoms with Crippen LogP contribution < -0.4 is 0 Å². The van der Waals surface area contributed by atoms with Crippen molar-refractivity contribution in [3.63, 3.8) is 0 Å². The molecule has 0 spiro atoms. The SMILES string of the molecule is CC1=N[C@@H]2CCCC[C@H]2N=C1C(=O)N(C)C. The molecule has 4 nitrogen and oxygen atoms in total. The summed E-state index contributed by atoms with van der Waals surface area (Å²) in [5.74, 6) is -0.0229. The molecule has 0 unspecified atom stereocenters. The monoisotopic (exact) mass is 221 g/mol. The largest absolute Gasteiger partial charge is 0.343 e. The minimum atomic E-state index is -0.0229. The number of nitrogens with zero attached hydrogens (tertiary/aromatic N) is 3. The van der Waals surface area contributed by atoms with Gasteiger partial charge in [0.25, 0.3) is 5.91 Å². The second-order valence-corrected chi connectivity index (χ2v) is 4.81. The van der Waals surface area contributed by atoms with Crippen LogP contribution in [0, 0.1) is 0 Å². The molecule has 0 bridgehead atoms. The lowest BCUT2D eigenvalue weighted by atomic mass is 9.89. The Morgan fingerprint density at radius 1 is 1.19 bits per heavy atom. The van der Waals surface area contributed by atoms with E-state index in [-0.39, 0.29) is 11.9 Å². The topological polar surface area (TPSA) is 45.0 Å². The Morgan fingerprint density at radius 3 is 2.31 bits per heavy atom. The first-order chi connectivity index (χ1) is 7.59. The summed E-state index contributed by atoms with van der Waals surface area (Å²) >= 11 is 0. The lowest BCUT2D eigenvalue weighted by Gasteiger charge is -2.30. The van der Waals surface area contributed by atoms with E-state index < -0.39 is 0 Å². The van der Waals surface area contributed by atoms with Crippen LogP contribution in [0.2, 0.25) is 0 Å². The third-order valence-corrected chi connectivity index (χ3v) is 3.30. The average Bonchev–Trinajstić information content (AvgIpc) is 2.27. The van der Waals surface area contributed by atoms with Gasteiger partial charge in [-0.05, 0) is 19.8 Å². The lowest BCUT2D eigenvalue weighted by molar-refractivity contribution is -0.121. The number of rotatable bonds is 1. The first-order valence-electron chi connectivity index (χ1n) is 5.94. The van der Waals surface area contributed by atoms with Crippen molar-refractivity contribution < 1.29 is 4.79 Å². The van der Waals surface area contributed by atoms with Crippen LogP contribution in [0.4, 0.5) is 0 Å². The highest BCUT2D eigenvalue weighted by atomic mass is 16.2. The van der Waals surface area contributed by atoms with Crippen LogP contribution in [0.25, 0.3) is 0 Å². The highest BCUT2D eigenvalue weighted by Crippen LogP contribution is 2.26. The molecule has 0 aromatic carbocycles. The van der Waals surface area contributed by atoms with Gasteiger partial charge < -0.3 is 4.90 Å². The summed E-state index contributed by atoms with van der Waals surface area (Å²) in [5.41, 5.74) is 1.37. The number of carbonyl (C=O) groups is 1. The molecule has 0 aromatic rings. The first-order valence-corrected chi connectivity index (χ1v) is 5.94. The predicted octanol–water partition coefficient (Wildman–Crippen LogP) is 1.30. The molecule has 1 heterocycles. The molecule has 16 heavy (non-hydrogen) atoms. The first kappa shape index (κ1) is 11.3. The van der Waals surface area contributed by atoms with Crippen LogP contribution in [0.5, 0.6) is 0 Å². The summed E-state index contributed by atoms with van der Waals surface area (Å²) in [6.45, 7) is 1.89. The van der Waals surface area contributed by atoms with E-state index in [0.717, 1.165) is 18.6 Å². The molecule has 2 aliphatic rings. The van der Waals surface area contributed by atoms with E-state index in [1.807, 2.05) is 6.92 Å². The molecule has 2 rings (SSSR count). The maximum Gasteiger partial charge on any atom is 0.273 e. The van der Waals surface area contributed by atoms with E-state index in [2.05, 4.69) is 9.98 Å². The Morgan fingerprint density at radius 2 is 1.75 bits per heavy atom. The zero-order valence-electron chi connectivity index (χ0n) is 10.2. The molecule has 1 saturated carbocycles. The summed E-state index contributed by atoms with van der Waals surface area (Å²) in [6, 6.07) is 0.573. The zero-order valence-corrected chi connectivity index (χ0v) is 10.2. The minimum Gasteiger partial charge on any atom is -0.343 e. The van der Waals surface area contributed by atoms with Gasteiger partial charge in [0.1, 0.15) is 5.71 Å². The molecule has 0 aromatic heterocycles. The van der Waals surface area contributed by atoms with E-state index >= 15 is 0 Å². The minimum absolute atomic E-state index is 0.0229. The zero-order chi connectivity index (χ0) is 11.7. The highest BCUT2D eigenvalue weighted by molar-refractivity contribution is 6.66. The molecule has 1 aliphatic heterocycles. The fourth-order valence-electron chi connectivity index (χ4n) is 2.38. The number of carbonyl (C=O) groups excluding carboxylic acids is 1. The van der Waals surface area contributed by atoms with Crippen LogP contribution in [-0.4, -0.2) is 48.4 Å². The molecule has 2 atom stereocenters. The van der Waals surface area contributed by atoms with Crippen molar-refractivity contribution in [3.8, 4) is 0 Å². The Labute approximate surface area is 96.5 Å². The van der Waals surface area contributed by atoms with Crippen molar-refractivity contribution in [2.75, 3.05) is 14.1 Å². The van der Waals surface area contributed by atoms with Gasteiger partial charge in [-0.3, -0.25) is 14.8 Å². The maximum absolute atomic E-state index is 11.9. The van der Waals surface area contributed by atoms with Crippen LogP contribution in [0.1, 0.15) is 32.6 Å². The third kappa shape index (κ3) is 2.01. The van der Waals surface area contributed by atoms with E-state index in [1.54, 1.807) is 19.0 Å². The normalized spacial score (nSPS) is 28.9. The maximum atomic E-state index is 11.9. The Kier molecular flexibility index (Phi) is 3.08. The van der Waals surface area contributed by atoms with Crippen molar-refractivity contribution in [2.24, 2.45) is 9.98 Å². The molecule has 0 N–H and O–H groups in total. The van der Waals surface area contributed by atoms with Crippen molar-refractivity contribution in [3.05, 3.63) is 0 Å². The second-order valence-electron chi connectivity index (χ2n) is 4.81. The van der Waals surface area contributed by atoms with Gasteiger partial charge in [-0.25, -0.2) is 0 Å². The summed E-state index contributed by atoms with van der Waals surface area (Å²) in [6.07, 6.45) is 4.65. The highest BCUT2D eigenvalue weighted by Gasteiger charge is 2.31. The molecular formula is C12H19N3O. The molecular weight excluding hydrogens is 202 g/mol. The quantitative estimate of drug-likeness (QED) is 0.658. The van der Waals surface area contributed by atoms with Gasteiger partial charge in [-0.1, -0.05) is 12.8 Å². The smallest absolute Gasteiger partial charge is 0.273 e. The fraction of sp³-hybridized carbons (Fsp3) is 0.750. The van der Waals surface area contributed by atoms with Crippen LogP contribution in [-0.2, 0) is 4.79 Å². The van der Waals surface area contributed by atoms with E-state index in [0.29, 0.717) is 11.8 Å². The fourth-order valence-corrected chi connectivity index (χ4v) is 2.38. The molecule has 0 saturated heterocycles. The molecule has 1 fully saturated rings. The third-order valence-electron chi connectivity index (χ3n) is 3.30. The van der Waals surface area contributed by atoms with Gasteiger partial charge in [0.2, 0.25) is 0 Å². The predicted molar refractivity (Wildman–Crippen MR) is 65.3 cm³/mol. The van der Waals surface area contributed by atoms with Crippen LogP contribution in [0.3, 0.4) is 0 Å². The van der Waals surface area contributed by atoms with Crippen molar-refractivity contribution in [1.82, 2.24) is 4.90 Å². The van der Waals surface area contributed by atoms with Gasteiger partial charge in [0.05, 0.1) is 17.8 Å². The van der Waals surface area contributed by atoms with Crippen LogP contribution in [0.15, 0.2) is 9.98 Å². The summed E-state index contributed by atoms with van der Waals surface area (Å²) in [7, 11) is 3.51. The average molecular weight is 221 g/mol. The van der Waals surface area contributed by atoms with Crippen molar-refractivity contribution in [1.29, 1.82) is 0 Å². The number of aliphatic imine (C=N–C) groups is 2. The Bertz CT molecular complexity index is 357. The Balaban J connectivity index is 2.23. The van der Waals surface area contributed by atoms with E-state index in [4.69, 9.17) is 0 Å². The summed E-state index contributed by atoms with van der Waals surface area (Å²) in [5, 5.41) is 0. The van der Waals surface area contributed by atoms with E-state index in [9.17, 15) is 4.79 Å². The van der Waals surface area contributed by atoms with Crippen molar-refractivity contribution in [2.45, 2.75) is 44.7 Å². The number of hydrogen-bond acceptors (Lipinski definition) is 3. The molecule has 0 radical (unpaired) electrons. The molecule has 1 amide bonds. The van der Waals surface area contributed by atoms with Crippen LogP contribution >= 0.6 is 0 Å². The second kappa shape index (κ2) is 4.36. The molecule has 1 aliphatic carbocycles. The van der Waals surface area contributed by atoms with Gasteiger partial charge in [-0.2, -0.15) is 0 Å². The number of fused-ring (bicyclic) bond motifs is 1. The van der Waals surface area contributed by atoms with E-state index in [1.165, 1.54) is 12.8 Å². The van der Waals surface area contributed by atoms with Gasteiger partial charge >= 0.3 is 0 Å². The molecule has 88 valence electrons. The summed E-state index contributed by atoms with van der Waals surface area (Å²) < 4.78 is 0. The van der Waals surface area contributed by atoms with Crippen molar-refractivity contribution >= 4 is 17.3 Å². The van der Waals surface area contributed by atoms with Gasteiger partial charge in [0, 0.05) is 14.1 Å². The lowest BCUT2D eigenvalue weighted by Crippen LogP contribution is -2.41. The van der Waals surface area contributed by atoms with Gasteiger partial charge in [-0.15, -0.1) is 0 Å². The molecule has 4 heteroatoms. The standard InChI is InChI=1S/C12H19N3O/c1-8-11(12(16)15(2)3)14-10-7-5-4-6-9(10)13-8/h9-10H,4-7H2,1-3H3/t9-,10-/m1/s1. The summed E-state index contributed by atoms with van der Waals surface area (Å²) in [4.78, 5) is 22.7. The number of amides is 1. The number of hydrogen-bond donors (Lipinski definition) is 0. The van der Waals surface area contributed by atoms with Gasteiger partial charge in [0.15, 0.2) is 0 Å².